The quantitative estimate of drug-likeness (QED) is 0.421. The lowest BCUT2D eigenvalue weighted by atomic mass is 10.0. The van der Waals surface area contributed by atoms with Crippen molar-refractivity contribution in [1.82, 2.24) is 19.4 Å². The number of likely N-dealkylation sites (tertiary alicyclic amines) is 1. The van der Waals surface area contributed by atoms with E-state index in [2.05, 4.69) is 33.8 Å². The molecule has 7 heteroatoms. The van der Waals surface area contributed by atoms with Gasteiger partial charge >= 0.3 is 0 Å². The summed E-state index contributed by atoms with van der Waals surface area (Å²) in [6.07, 6.45) is 5.81. The van der Waals surface area contributed by atoms with Crippen molar-refractivity contribution in [2.45, 2.75) is 38.1 Å². The SMILES string of the molecule is O=C(Cc1ccc2c(c1)OCO2)N1CCC(n2c(CCc3ccccc3)nc3cccnc32)CC1. The molecule has 2 aliphatic heterocycles. The second-order valence-corrected chi connectivity index (χ2v) is 9.21. The molecule has 1 amide bonds. The normalized spacial score (nSPS) is 15.6. The van der Waals surface area contributed by atoms with E-state index in [0.717, 1.165) is 72.8 Å². The van der Waals surface area contributed by atoms with Gasteiger partial charge in [0.25, 0.3) is 0 Å². The van der Waals surface area contributed by atoms with Gasteiger partial charge in [-0.25, -0.2) is 9.97 Å². The molecule has 0 spiro atoms. The molecule has 0 N–H and O–H groups in total. The Bertz CT molecular complexity index is 1340. The summed E-state index contributed by atoms with van der Waals surface area (Å²) in [4.78, 5) is 24.6. The minimum Gasteiger partial charge on any atom is -0.454 e. The number of imidazole rings is 1. The molecule has 0 aliphatic carbocycles. The zero-order valence-electron chi connectivity index (χ0n) is 19.6. The molecule has 2 aromatic heterocycles. The number of carbonyl (C=O) groups is 1. The van der Waals surface area contributed by atoms with E-state index in [1.807, 2.05) is 47.5 Å². The van der Waals surface area contributed by atoms with Crippen LogP contribution in [0.4, 0.5) is 0 Å². The largest absolute Gasteiger partial charge is 0.454 e. The molecule has 2 aromatic carbocycles. The number of pyridine rings is 1. The van der Waals surface area contributed by atoms with Crippen LogP contribution in [0.25, 0.3) is 11.2 Å². The van der Waals surface area contributed by atoms with Gasteiger partial charge in [-0.15, -0.1) is 0 Å². The molecule has 4 aromatic rings. The summed E-state index contributed by atoms with van der Waals surface area (Å²) >= 11 is 0. The van der Waals surface area contributed by atoms with Gasteiger partial charge in [0.1, 0.15) is 11.3 Å². The number of benzene rings is 2. The number of fused-ring (bicyclic) bond motifs is 2. The number of aryl methyl sites for hydroxylation is 2. The molecule has 0 radical (unpaired) electrons. The van der Waals surface area contributed by atoms with Gasteiger partial charge in [-0.2, -0.15) is 0 Å². The number of hydrogen-bond acceptors (Lipinski definition) is 5. The third kappa shape index (κ3) is 4.46. The van der Waals surface area contributed by atoms with E-state index in [0.29, 0.717) is 6.42 Å². The van der Waals surface area contributed by atoms with Crippen LogP contribution in [0.2, 0.25) is 0 Å². The highest BCUT2D eigenvalue weighted by molar-refractivity contribution is 5.79. The van der Waals surface area contributed by atoms with Crippen molar-refractivity contribution < 1.29 is 14.3 Å². The molecule has 0 atom stereocenters. The van der Waals surface area contributed by atoms with Crippen molar-refractivity contribution in [3.05, 3.63) is 83.8 Å². The highest BCUT2D eigenvalue weighted by Crippen LogP contribution is 2.33. The van der Waals surface area contributed by atoms with Gasteiger partial charge < -0.3 is 18.9 Å². The fraction of sp³-hybridized carbons (Fsp3) is 0.321. The van der Waals surface area contributed by atoms with Gasteiger partial charge in [-0.1, -0.05) is 36.4 Å². The van der Waals surface area contributed by atoms with Crippen LogP contribution < -0.4 is 9.47 Å². The lowest BCUT2D eigenvalue weighted by Crippen LogP contribution is -2.40. The summed E-state index contributed by atoms with van der Waals surface area (Å²) in [5, 5.41) is 0. The monoisotopic (exact) mass is 468 g/mol. The van der Waals surface area contributed by atoms with E-state index in [1.165, 1.54) is 5.56 Å². The van der Waals surface area contributed by atoms with Gasteiger partial charge in [-0.05, 0) is 54.7 Å². The number of hydrogen-bond donors (Lipinski definition) is 0. The zero-order chi connectivity index (χ0) is 23.6. The van der Waals surface area contributed by atoms with Crippen LogP contribution in [-0.4, -0.2) is 45.2 Å². The standard InChI is InChI=1S/C28H28N4O3/c33-27(18-21-8-10-24-25(17-21)35-19-34-24)31-15-12-22(13-16-31)32-26(11-9-20-5-2-1-3-6-20)30-23-7-4-14-29-28(23)32/h1-8,10,14,17,22H,9,11-13,15-16,18-19H2. The maximum absolute atomic E-state index is 13.0. The maximum atomic E-state index is 13.0. The number of amides is 1. The molecule has 1 saturated heterocycles. The van der Waals surface area contributed by atoms with Crippen molar-refractivity contribution in [1.29, 1.82) is 0 Å². The van der Waals surface area contributed by atoms with Gasteiger partial charge in [0, 0.05) is 31.7 Å². The first-order valence-electron chi connectivity index (χ1n) is 12.3. The van der Waals surface area contributed by atoms with Crippen LogP contribution in [0, 0.1) is 0 Å². The van der Waals surface area contributed by atoms with Crippen LogP contribution in [0.1, 0.15) is 35.8 Å². The Morgan fingerprint density at radius 3 is 2.60 bits per heavy atom. The van der Waals surface area contributed by atoms with E-state index < -0.39 is 0 Å². The van der Waals surface area contributed by atoms with E-state index in [9.17, 15) is 4.79 Å². The number of nitrogens with zero attached hydrogens (tertiary/aromatic N) is 4. The summed E-state index contributed by atoms with van der Waals surface area (Å²) in [6.45, 7) is 1.71. The number of rotatable bonds is 6. The van der Waals surface area contributed by atoms with Gasteiger partial charge in [-0.3, -0.25) is 4.79 Å². The summed E-state index contributed by atoms with van der Waals surface area (Å²) in [6, 6.07) is 20.5. The highest BCUT2D eigenvalue weighted by atomic mass is 16.7. The molecular weight excluding hydrogens is 440 g/mol. The Balaban J connectivity index is 1.15. The first-order valence-corrected chi connectivity index (χ1v) is 12.3. The summed E-state index contributed by atoms with van der Waals surface area (Å²) in [5.41, 5.74) is 4.15. The average Bonchev–Trinajstić information content (AvgIpc) is 3.52. The fourth-order valence-electron chi connectivity index (χ4n) is 5.15. The van der Waals surface area contributed by atoms with Crippen molar-refractivity contribution in [2.24, 2.45) is 0 Å². The second kappa shape index (κ2) is 9.41. The number of piperidine rings is 1. The van der Waals surface area contributed by atoms with E-state index in [4.69, 9.17) is 14.5 Å². The third-order valence-electron chi connectivity index (χ3n) is 6.98. The smallest absolute Gasteiger partial charge is 0.231 e. The lowest BCUT2D eigenvalue weighted by molar-refractivity contribution is -0.131. The van der Waals surface area contributed by atoms with Gasteiger partial charge in [0.15, 0.2) is 17.1 Å². The summed E-state index contributed by atoms with van der Waals surface area (Å²) < 4.78 is 13.2. The zero-order valence-corrected chi connectivity index (χ0v) is 19.6. The number of aromatic nitrogens is 3. The van der Waals surface area contributed by atoms with Gasteiger partial charge in [0.2, 0.25) is 12.7 Å². The van der Waals surface area contributed by atoms with Gasteiger partial charge in [0.05, 0.1) is 6.42 Å². The number of carbonyl (C=O) groups excluding carboxylic acids is 1. The fourth-order valence-corrected chi connectivity index (χ4v) is 5.15. The van der Waals surface area contributed by atoms with Crippen molar-refractivity contribution in [2.75, 3.05) is 19.9 Å². The Labute approximate surface area is 204 Å². The Morgan fingerprint density at radius 1 is 0.914 bits per heavy atom. The van der Waals surface area contributed by atoms with Crippen LogP contribution in [0.15, 0.2) is 66.9 Å². The highest BCUT2D eigenvalue weighted by Gasteiger charge is 2.27. The van der Waals surface area contributed by atoms with E-state index in [-0.39, 0.29) is 18.7 Å². The Kier molecular flexibility index (Phi) is 5.82. The second-order valence-electron chi connectivity index (χ2n) is 9.21. The molecule has 178 valence electrons. The Morgan fingerprint density at radius 2 is 1.74 bits per heavy atom. The van der Waals surface area contributed by atoms with E-state index >= 15 is 0 Å². The summed E-state index contributed by atoms with van der Waals surface area (Å²) in [5.74, 6) is 2.69. The third-order valence-corrected chi connectivity index (χ3v) is 6.98. The molecule has 7 nitrogen and oxygen atoms in total. The van der Waals surface area contributed by atoms with Crippen molar-refractivity contribution >= 4 is 17.1 Å². The van der Waals surface area contributed by atoms with Crippen LogP contribution in [0.3, 0.4) is 0 Å². The van der Waals surface area contributed by atoms with E-state index in [1.54, 1.807) is 0 Å². The van der Waals surface area contributed by atoms with Crippen LogP contribution in [0.5, 0.6) is 11.5 Å². The van der Waals surface area contributed by atoms with Crippen molar-refractivity contribution in [3.63, 3.8) is 0 Å². The molecule has 0 saturated carbocycles. The lowest BCUT2D eigenvalue weighted by Gasteiger charge is -2.33. The molecule has 2 aliphatic rings. The van der Waals surface area contributed by atoms with Crippen LogP contribution in [-0.2, 0) is 24.1 Å². The minimum absolute atomic E-state index is 0.153. The molecule has 1 fully saturated rings. The minimum atomic E-state index is 0.153. The topological polar surface area (TPSA) is 69.5 Å². The summed E-state index contributed by atoms with van der Waals surface area (Å²) in [7, 11) is 0. The molecule has 0 unspecified atom stereocenters. The molecule has 35 heavy (non-hydrogen) atoms. The molecule has 6 rings (SSSR count). The van der Waals surface area contributed by atoms with Crippen LogP contribution >= 0.6 is 0 Å². The molecule has 4 heterocycles. The van der Waals surface area contributed by atoms with Crippen molar-refractivity contribution in [3.8, 4) is 11.5 Å². The molecule has 0 bridgehead atoms. The number of ether oxygens (including phenoxy) is 2. The average molecular weight is 469 g/mol. The first kappa shape index (κ1) is 21.6. The predicted octanol–water partition coefficient (Wildman–Crippen LogP) is 4.35. The predicted molar refractivity (Wildman–Crippen MR) is 132 cm³/mol. The molecular formula is C28H28N4O3. The first-order chi connectivity index (χ1) is 17.2. The maximum Gasteiger partial charge on any atom is 0.231 e. The Hall–Kier alpha value is -3.87.